The van der Waals surface area contributed by atoms with E-state index in [1.54, 1.807) is 11.1 Å². The molecular weight excluding hydrogens is 196 g/mol. The SMILES string of the molecule is NCC1CCCN1CC1Cc2ccccc21. The van der Waals surface area contributed by atoms with E-state index in [0.29, 0.717) is 6.04 Å². The van der Waals surface area contributed by atoms with Crippen LogP contribution < -0.4 is 5.73 Å². The molecule has 2 unspecified atom stereocenters. The summed E-state index contributed by atoms with van der Waals surface area (Å²) in [5, 5.41) is 0. The van der Waals surface area contributed by atoms with E-state index >= 15 is 0 Å². The maximum absolute atomic E-state index is 5.81. The molecule has 1 aromatic carbocycles. The monoisotopic (exact) mass is 216 g/mol. The topological polar surface area (TPSA) is 29.3 Å². The van der Waals surface area contributed by atoms with Crippen LogP contribution in [0, 0.1) is 0 Å². The molecule has 2 aliphatic rings. The summed E-state index contributed by atoms with van der Waals surface area (Å²) in [5.74, 6) is 0.767. The maximum atomic E-state index is 5.81. The van der Waals surface area contributed by atoms with Gasteiger partial charge in [-0.15, -0.1) is 0 Å². The van der Waals surface area contributed by atoms with Crippen molar-refractivity contribution in [1.82, 2.24) is 4.90 Å². The second-order valence-corrected chi connectivity index (χ2v) is 5.13. The molecule has 16 heavy (non-hydrogen) atoms. The molecule has 86 valence electrons. The Labute approximate surface area is 97.4 Å². The molecule has 2 heteroatoms. The number of rotatable bonds is 3. The van der Waals surface area contributed by atoms with E-state index in [1.165, 1.54) is 32.4 Å². The van der Waals surface area contributed by atoms with Crippen LogP contribution in [0.25, 0.3) is 0 Å². The van der Waals surface area contributed by atoms with Crippen LogP contribution in [-0.2, 0) is 6.42 Å². The molecule has 1 fully saturated rings. The van der Waals surface area contributed by atoms with Crippen LogP contribution in [0.1, 0.15) is 29.9 Å². The van der Waals surface area contributed by atoms with Gasteiger partial charge < -0.3 is 5.73 Å². The Bertz CT molecular complexity index is 375. The number of benzene rings is 1. The van der Waals surface area contributed by atoms with E-state index in [-0.39, 0.29) is 0 Å². The first-order chi connectivity index (χ1) is 7.88. The molecule has 0 bridgehead atoms. The Kier molecular flexibility index (Phi) is 2.70. The molecule has 0 amide bonds. The third-order valence-electron chi connectivity index (χ3n) is 4.19. The fraction of sp³-hybridized carbons (Fsp3) is 0.571. The fourth-order valence-electron chi connectivity index (χ4n) is 3.21. The zero-order valence-electron chi connectivity index (χ0n) is 9.73. The summed E-state index contributed by atoms with van der Waals surface area (Å²) < 4.78 is 0. The Morgan fingerprint density at radius 1 is 1.31 bits per heavy atom. The lowest BCUT2D eigenvalue weighted by atomic mass is 9.77. The summed E-state index contributed by atoms with van der Waals surface area (Å²) in [4.78, 5) is 2.60. The number of nitrogens with zero attached hydrogens (tertiary/aromatic N) is 1. The molecule has 1 aliphatic heterocycles. The van der Waals surface area contributed by atoms with Crippen molar-refractivity contribution in [3.8, 4) is 0 Å². The number of hydrogen-bond donors (Lipinski definition) is 1. The molecule has 2 nitrogen and oxygen atoms in total. The van der Waals surface area contributed by atoms with Crippen molar-refractivity contribution in [2.75, 3.05) is 19.6 Å². The molecule has 1 aromatic rings. The lowest BCUT2D eigenvalue weighted by Crippen LogP contribution is -2.40. The summed E-state index contributed by atoms with van der Waals surface area (Å²) in [6, 6.07) is 9.50. The standard InChI is InChI=1S/C14H20N2/c15-9-13-5-3-7-16(13)10-12-8-11-4-1-2-6-14(11)12/h1-2,4,6,12-13H,3,5,7-10,15H2. The number of fused-ring (bicyclic) bond motifs is 1. The fourth-order valence-corrected chi connectivity index (χ4v) is 3.21. The minimum absolute atomic E-state index is 0.646. The highest BCUT2D eigenvalue weighted by molar-refractivity contribution is 5.40. The van der Waals surface area contributed by atoms with Gasteiger partial charge in [-0.1, -0.05) is 24.3 Å². The zero-order chi connectivity index (χ0) is 11.0. The third kappa shape index (κ3) is 1.66. The molecule has 0 radical (unpaired) electrons. The van der Waals surface area contributed by atoms with E-state index in [1.807, 2.05) is 0 Å². The minimum atomic E-state index is 0.646. The van der Waals surface area contributed by atoms with Crippen LogP contribution in [0.5, 0.6) is 0 Å². The first kappa shape index (κ1) is 10.3. The van der Waals surface area contributed by atoms with Gasteiger partial charge in [-0.25, -0.2) is 0 Å². The van der Waals surface area contributed by atoms with E-state index < -0.39 is 0 Å². The maximum Gasteiger partial charge on any atom is 0.0219 e. The van der Waals surface area contributed by atoms with Gasteiger partial charge in [0.05, 0.1) is 0 Å². The van der Waals surface area contributed by atoms with E-state index in [4.69, 9.17) is 5.73 Å². The summed E-state index contributed by atoms with van der Waals surface area (Å²) in [6.07, 6.45) is 3.89. The molecule has 1 aliphatic carbocycles. The molecule has 0 spiro atoms. The highest BCUT2D eigenvalue weighted by Gasteiger charge is 2.31. The average molecular weight is 216 g/mol. The van der Waals surface area contributed by atoms with Crippen molar-refractivity contribution in [3.05, 3.63) is 35.4 Å². The molecule has 0 aromatic heterocycles. The van der Waals surface area contributed by atoms with Crippen molar-refractivity contribution in [3.63, 3.8) is 0 Å². The molecular formula is C14H20N2. The van der Waals surface area contributed by atoms with Gasteiger partial charge in [-0.05, 0) is 36.9 Å². The van der Waals surface area contributed by atoms with Crippen molar-refractivity contribution < 1.29 is 0 Å². The molecule has 0 saturated carbocycles. The van der Waals surface area contributed by atoms with Crippen molar-refractivity contribution in [2.24, 2.45) is 5.73 Å². The number of likely N-dealkylation sites (tertiary alicyclic amines) is 1. The van der Waals surface area contributed by atoms with Crippen LogP contribution in [0.2, 0.25) is 0 Å². The molecule has 1 heterocycles. The van der Waals surface area contributed by atoms with Gasteiger partial charge in [-0.3, -0.25) is 4.90 Å². The van der Waals surface area contributed by atoms with Crippen molar-refractivity contribution in [2.45, 2.75) is 31.2 Å². The normalized spacial score (nSPS) is 28.8. The Morgan fingerprint density at radius 3 is 3.00 bits per heavy atom. The summed E-state index contributed by atoms with van der Waals surface area (Å²) in [6.45, 7) is 3.30. The number of nitrogens with two attached hydrogens (primary N) is 1. The van der Waals surface area contributed by atoms with Crippen LogP contribution in [0.15, 0.2) is 24.3 Å². The third-order valence-corrected chi connectivity index (χ3v) is 4.19. The summed E-state index contributed by atoms with van der Waals surface area (Å²) >= 11 is 0. The second kappa shape index (κ2) is 4.19. The van der Waals surface area contributed by atoms with Gasteiger partial charge in [-0.2, -0.15) is 0 Å². The van der Waals surface area contributed by atoms with Crippen molar-refractivity contribution in [1.29, 1.82) is 0 Å². The summed E-state index contributed by atoms with van der Waals surface area (Å²) in [5.41, 5.74) is 8.94. The van der Waals surface area contributed by atoms with Crippen LogP contribution in [0.4, 0.5) is 0 Å². The van der Waals surface area contributed by atoms with Gasteiger partial charge in [0, 0.05) is 25.0 Å². The average Bonchev–Trinajstić information content (AvgIpc) is 2.73. The Morgan fingerprint density at radius 2 is 2.19 bits per heavy atom. The molecule has 3 rings (SSSR count). The quantitative estimate of drug-likeness (QED) is 0.834. The van der Waals surface area contributed by atoms with Gasteiger partial charge in [0.15, 0.2) is 0 Å². The zero-order valence-corrected chi connectivity index (χ0v) is 9.73. The predicted octanol–water partition coefficient (Wildman–Crippen LogP) is 1.75. The minimum Gasteiger partial charge on any atom is -0.329 e. The summed E-state index contributed by atoms with van der Waals surface area (Å²) in [7, 11) is 0. The van der Waals surface area contributed by atoms with Crippen LogP contribution >= 0.6 is 0 Å². The Balaban J connectivity index is 1.65. The van der Waals surface area contributed by atoms with Crippen molar-refractivity contribution >= 4 is 0 Å². The van der Waals surface area contributed by atoms with Gasteiger partial charge in [0.2, 0.25) is 0 Å². The lowest BCUT2D eigenvalue weighted by Gasteiger charge is -2.35. The smallest absolute Gasteiger partial charge is 0.0219 e. The predicted molar refractivity (Wildman–Crippen MR) is 66.5 cm³/mol. The second-order valence-electron chi connectivity index (χ2n) is 5.13. The van der Waals surface area contributed by atoms with E-state index in [0.717, 1.165) is 12.5 Å². The number of hydrogen-bond acceptors (Lipinski definition) is 2. The first-order valence-electron chi connectivity index (χ1n) is 6.40. The molecule has 1 saturated heterocycles. The largest absolute Gasteiger partial charge is 0.329 e. The lowest BCUT2D eigenvalue weighted by molar-refractivity contribution is 0.234. The van der Waals surface area contributed by atoms with Crippen LogP contribution in [0.3, 0.4) is 0 Å². The van der Waals surface area contributed by atoms with E-state index in [2.05, 4.69) is 29.2 Å². The highest BCUT2D eigenvalue weighted by atomic mass is 15.2. The highest BCUT2D eigenvalue weighted by Crippen LogP contribution is 2.36. The van der Waals surface area contributed by atoms with Gasteiger partial charge in [0.1, 0.15) is 0 Å². The Hall–Kier alpha value is -0.860. The van der Waals surface area contributed by atoms with Gasteiger partial charge in [0.25, 0.3) is 0 Å². The molecule has 2 N–H and O–H groups in total. The van der Waals surface area contributed by atoms with Crippen LogP contribution in [-0.4, -0.2) is 30.6 Å². The van der Waals surface area contributed by atoms with E-state index in [9.17, 15) is 0 Å². The first-order valence-corrected chi connectivity index (χ1v) is 6.40. The van der Waals surface area contributed by atoms with Gasteiger partial charge >= 0.3 is 0 Å². The molecule has 2 atom stereocenters.